The number of alkyl halides is 2. The summed E-state index contributed by atoms with van der Waals surface area (Å²) < 4.78 is 34.0. The third-order valence-electron chi connectivity index (χ3n) is 3.25. The van der Waals surface area contributed by atoms with Gasteiger partial charge in [-0.05, 0) is 26.8 Å². The molecule has 0 fully saturated rings. The van der Waals surface area contributed by atoms with Crippen molar-refractivity contribution in [1.29, 1.82) is 0 Å². The van der Waals surface area contributed by atoms with Crippen LogP contribution in [-0.4, -0.2) is 45.8 Å². The number of ether oxygens (including phenoxy) is 2. The average Bonchev–Trinajstić information content (AvgIpc) is 2.43. The molecule has 132 valence electrons. The Balaban J connectivity index is 2.31. The first-order valence-corrected chi connectivity index (χ1v) is 7.25. The molecule has 0 aliphatic carbocycles. The molecule has 9 heteroatoms. The Morgan fingerprint density at radius 2 is 2.04 bits per heavy atom. The van der Waals surface area contributed by atoms with Crippen LogP contribution in [0.1, 0.15) is 38.1 Å². The van der Waals surface area contributed by atoms with Crippen LogP contribution in [0.5, 0.6) is 5.88 Å². The number of hydrogen-bond donors (Lipinski definition) is 1. The van der Waals surface area contributed by atoms with Gasteiger partial charge in [0.25, 0.3) is 0 Å². The lowest BCUT2D eigenvalue weighted by atomic mass is 9.97. The first kappa shape index (κ1) is 17.9. The van der Waals surface area contributed by atoms with Gasteiger partial charge in [-0.25, -0.2) is 14.6 Å². The maximum absolute atomic E-state index is 12.3. The Bertz CT molecular complexity index is 645. The summed E-state index contributed by atoms with van der Waals surface area (Å²) in [5.74, 6) is -1.55. The number of hydrogen-bond acceptors (Lipinski definition) is 5. The fourth-order valence-electron chi connectivity index (χ4n) is 2.41. The molecule has 0 bridgehead atoms. The highest BCUT2D eigenvalue weighted by molar-refractivity contribution is 5.82. The molecule has 1 amide bonds. The van der Waals surface area contributed by atoms with E-state index < -0.39 is 30.3 Å². The molecule has 1 atom stereocenters. The first-order valence-electron chi connectivity index (χ1n) is 7.25. The summed E-state index contributed by atoms with van der Waals surface area (Å²) in [7, 11) is 0. The second kappa shape index (κ2) is 6.58. The number of halogens is 2. The van der Waals surface area contributed by atoms with Gasteiger partial charge in [0.2, 0.25) is 5.88 Å². The van der Waals surface area contributed by atoms with E-state index in [1.54, 1.807) is 20.8 Å². The molecule has 2 rings (SSSR count). The minimum Gasteiger partial charge on any atom is -0.479 e. The van der Waals surface area contributed by atoms with Crippen molar-refractivity contribution in [2.75, 3.05) is 6.54 Å². The number of carbonyl (C=O) groups is 2. The number of aliphatic carboxylic acids is 1. The van der Waals surface area contributed by atoms with Gasteiger partial charge in [-0.2, -0.15) is 8.78 Å². The number of fused-ring (bicyclic) bond motifs is 1. The molecule has 1 aromatic rings. The number of carboxylic acid groups (broad SMARTS) is 1. The van der Waals surface area contributed by atoms with Crippen molar-refractivity contribution in [2.24, 2.45) is 0 Å². The zero-order valence-corrected chi connectivity index (χ0v) is 13.5. The van der Waals surface area contributed by atoms with Crippen LogP contribution in [0.25, 0.3) is 0 Å². The van der Waals surface area contributed by atoms with E-state index in [0.717, 1.165) is 11.0 Å². The van der Waals surface area contributed by atoms with E-state index >= 15 is 0 Å². The number of rotatable bonds is 3. The smallest absolute Gasteiger partial charge is 0.411 e. The van der Waals surface area contributed by atoms with Gasteiger partial charge in [-0.15, -0.1) is 0 Å². The van der Waals surface area contributed by atoms with E-state index in [-0.39, 0.29) is 24.4 Å². The lowest BCUT2D eigenvalue weighted by Crippen LogP contribution is -2.46. The van der Waals surface area contributed by atoms with Crippen LogP contribution in [0, 0.1) is 0 Å². The molecule has 2 heterocycles. The molecule has 0 saturated heterocycles. The quantitative estimate of drug-likeness (QED) is 0.907. The maximum atomic E-state index is 12.3. The number of amides is 1. The normalized spacial score (nSPS) is 17.4. The number of nitrogens with zero attached hydrogens (tertiary/aromatic N) is 2. The molecule has 1 aliphatic heterocycles. The van der Waals surface area contributed by atoms with Crippen LogP contribution >= 0.6 is 0 Å². The van der Waals surface area contributed by atoms with Gasteiger partial charge in [0.05, 0.1) is 5.69 Å². The van der Waals surface area contributed by atoms with E-state index in [2.05, 4.69) is 9.72 Å². The largest absolute Gasteiger partial charge is 0.479 e. The van der Waals surface area contributed by atoms with Crippen LogP contribution in [0.4, 0.5) is 13.6 Å². The standard InChI is InChI=1S/C15H18F2N2O5/c1-15(2,3)24-14(22)19-7-6-9-8(11(19)12(20)21)4-5-10(18-9)23-13(16)17/h4-5,11,13H,6-7H2,1-3H3,(H,20,21). The van der Waals surface area contributed by atoms with E-state index in [1.807, 2.05) is 0 Å². The van der Waals surface area contributed by atoms with Crippen LogP contribution in [0.2, 0.25) is 0 Å². The summed E-state index contributed by atoms with van der Waals surface area (Å²) in [5, 5.41) is 9.49. The van der Waals surface area contributed by atoms with Crippen LogP contribution < -0.4 is 4.74 Å². The lowest BCUT2D eigenvalue weighted by molar-refractivity contribution is -0.143. The highest BCUT2D eigenvalue weighted by Gasteiger charge is 2.39. The molecule has 1 unspecified atom stereocenters. The van der Waals surface area contributed by atoms with Gasteiger partial charge >= 0.3 is 18.7 Å². The van der Waals surface area contributed by atoms with Crippen molar-refractivity contribution < 1.29 is 33.0 Å². The lowest BCUT2D eigenvalue weighted by Gasteiger charge is -2.35. The van der Waals surface area contributed by atoms with Crippen molar-refractivity contribution in [2.45, 2.75) is 45.4 Å². The van der Waals surface area contributed by atoms with Gasteiger partial charge < -0.3 is 14.6 Å². The molecular formula is C15H18F2N2O5. The summed E-state index contributed by atoms with van der Waals surface area (Å²) >= 11 is 0. The Labute approximate surface area is 137 Å². The fourth-order valence-corrected chi connectivity index (χ4v) is 2.41. The van der Waals surface area contributed by atoms with Gasteiger partial charge in [0.15, 0.2) is 6.04 Å². The summed E-state index contributed by atoms with van der Waals surface area (Å²) in [6.45, 7) is 2.05. The Hall–Kier alpha value is -2.45. The van der Waals surface area contributed by atoms with Crippen molar-refractivity contribution in [3.63, 3.8) is 0 Å². The predicted octanol–water partition coefficient (Wildman–Crippen LogP) is 2.60. The molecule has 7 nitrogen and oxygen atoms in total. The topological polar surface area (TPSA) is 89.0 Å². The average molecular weight is 344 g/mol. The molecule has 0 saturated carbocycles. The molecule has 0 radical (unpaired) electrons. The second-order valence-corrected chi connectivity index (χ2v) is 6.23. The predicted molar refractivity (Wildman–Crippen MR) is 77.9 cm³/mol. The summed E-state index contributed by atoms with van der Waals surface area (Å²) in [4.78, 5) is 28.9. The molecule has 1 N–H and O–H groups in total. The number of carboxylic acids is 1. The van der Waals surface area contributed by atoms with Crippen molar-refractivity contribution >= 4 is 12.1 Å². The van der Waals surface area contributed by atoms with E-state index in [9.17, 15) is 23.5 Å². The first-order chi connectivity index (χ1) is 11.1. The molecule has 24 heavy (non-hydrogen) atoms. The third kappa shape index (κ3) is 4.09. The Morgan fingerprint density at radius 3 is 2.58 bits per heavy atom. The van der Waals surface area contributed by atoms with Gasteiger partial charge in [-0.1, -0.05) is 0 Å². The van der Waals surface area contributed by atoms with Gasteiger partial charge in [-0.3, -0.25) is 4.90 Å². The minimum absolute atomic E-state index is 0.0456. The van der Waals surface area contributed by atoms with E-state index in [1.165, 1.54) is 6.07 Å². The second-order valence-electron chi connectivity index (χ2n) is 6.23. The van der Waals surface area contributed by atoms with E-state index in [4.69, 9.17) is 4.74 Å². The van der Waals surface area contributed by atoms with E-state index in [0.29, 0.717) is 5.69 Å². The summed E-state index contributed by atoms with van der Waals surface area (Å²) in [6.07, 6.45) is -0.549. The molecule has 1 aromatic heterocycles. The zero-order valence-electron chi connectivity index (χ0n) is 13.5. The van der Waals surface area contributed by atoms with Crippen LogP contribution in [0.3, 0.4) is 0 Å². The molecule has 1 aliphatic rings. The summed E-state index contributed by atoms with van der Waals surface area (Å²) in [5.41, 5.74) is -0.213. The number of carbonyl (C=O) groups excluding carboxylic acids is 1. The summed E-state index contributed by atoms with van der Waals surface area (Å²) in [6, 6.07) is 1.19. The molecule has 0 spiro atoms. The SMILES string of the molecule is CC(C)(C)OC(=O)N1CCc2nc(OC(F)F)ccc2C1C(=O)O. The van der Waals surface area contributed by atoms with Crippen LogP contribution in [-0.2, 0) is 16.0 Å². The highest BCUT2D eigenvalue weighted by Crippen LogP contribution is 2.32. The van der Waals surface area contributed by atoms with Crippen LogP contribution in [0.15, 0.2) is 12.1 Å². The van der Waals surface area contributed by atoms with Crippen molar-refractivity contribution in [1.82, 2.24) is 9.88 Å². The van der Waals surface area contributed by atoms with Crippen molar-refractivity contribution in [3.8, 4) is 5.88 Å². The monoisotopic (exact) mass is 344 g/mol. The molecular weight excluding hydrogens is 326 g/mol. The number of aromatic nitrogens is 1. The Kier molecular flexibility index (Phi) is 4.91. The fraction of sp³-hybridized carbons (Fsp3) is 0.533. The van der Waals surface area contributed by atoms with Gasteiger partial charge in [0.1, 0.15) is 5.60 Å². The minimum atomic E-state index is -3.02. The highest BCUT2D eigenvalue weighted by atomic mass is 19.3. The molecule has 0 aromatic carbocycles. The zero-order chi connectivity index (χ0) is 18.1. The third-order valence-corrected chi connectivity index (χ3v) is 3.25. The van der Waals surface area contributed by atoms with Gasteiger partial charge in [0, 0.05) is 24.6 Å². The van der Waals surface area contributed by atoms with Crippen molar-refractivity contribution in [3.05, 3.63) is 23.4 Å². The maximum Gasteiger partial charge on any atom is 0.411 e. The Morgan fingerprint density at radius 1 is 1.38 bits per heavy atom. The number of pyridine rings is 1.